The summed E-state index contributed by atoms with van der Waals surface area (Å²) in [6.45, 7) is 6.40. The molecule has 1 fully saturated rings. The maximum atomic E-state index is 13.3. The smallest absolute Gasteiger partial charge is 0.251 e. The zero-order valence-corrected chi connectivity index (χ0v) is 24.7. The predicted molar refractivity (Wildman–Crippen MR) is 163 cm³/mol. The van der Waals surface area contributed by atoms with Crippen LogP contribution in [0, 0.1) is 0 Å². The summed E-state index contributed by atoms with van der Waals surface area (Å²) in [4.78, 5) is 15.9. The first kappa shape index (κ1) is 29.0. The molecule has 1 N–H and O–H groups in total. The van der Waals surface area contributed by atoms with Gasteiger partial charge in [-0.1, -0.05) is 30.3 Å². The molecule has 8 heteroatoms. The second kappa shape index (κ2) is 12.6. The summed E-state index contributed by atoms with van der Waals surface area (Å²) >= 11 is 0. The van der Waals surface area contributed by atoms with Gasteiger partial charge in [0.2, 0.25) is 0 Å². The minimum atomic E-state index is -3.53. The summed E-state index contributed by atoms with van der Waals surface area (Å²) in [5.41, 5.74) is 4.62. The zero-order chi connectivity index (χ0) is 29.0. The van der Waals surface area contributed by atoms with E-state index in [-0.39, 0.29) is 29.1 Å². The molecule has 0 aromatic heterocycles. The van der Waals surface area contributed by atoms with Crippen molar-refractivity contribution in [3.63, 3.8) is 0 Å². The monoisotopic (exact) mass is 574 g/mol. The van der Waals surface area contributed by atoms with Gasteiger partial charge in [0.25, 0.3) is 5.91 Å². The Morgan fingerprint density at radius 2 is 1.68 bits per heavy atom. The molecule has 0 unspecified atom stereocenters. The molecule has 0 aliphatic carbocycles. The van der Waals surface area contributed by atoms with Crippen LogP contribution in [0.4, 0.5) is 5.69 Å². The highest BCUT2D eigenvalue weighted by atomic mass is 32.2. The quantitative estimate of drug-likeness (QED) is 0.358. The number of amides is 1. The molecule has 2 heterocycles. The van der Waals surface area contributed by atoms with Crippen molar-refractivity contribution in [2.24, 2.45) is 0 Å². The molecule has 0 atom stereocenters. The Bertz CT molecular complexity index is 1510. The van der Waals surface area contributed by atoms with Gasteiger partial charge in [0, 0.05) is 37.1 Å². The van der Waals surface area contributed by atoms with Crippen LogP contribution in [0.2, 0.25) is 0 Å². The van der Waals surface area contributed by atoms with Crippen LogP contribution in [0.5, 0.6) is 5.75 Å². The zero-order valence-electron chi connectivity index (χ0n) is 23.9. The van der Waals surface area contributed by atoms with Gasteiger partial charge in [0.05, 0.1) is 16.8 Å². The van der Waals surface area contributed by atoms with Gasteiger partial charge in [-0.2, -0.15) is 0 Å². The van der Waals surface area contributed by atoms with E-state index in [1.807, 2.05) is 74.5 Å². The fourth-order valence-corrected chi connectivity index (χ4v) is 6.82. The minimum absolute atomic E-state index is 0.0788. The highest BCUT2D eigenvalue weighted by molar-refractivity contribution is 7.91. The van der Waals surface area contributed by atoms with E-state index in [4.69, 9.17) is 9.47 Å². The van der Waals surface area contributed by atoms with Crippen LogP contribution in [0.1, 0.15) is 44.2 Å². The lowest BCUT2D eigenvalue weighted by Crippen LogP contribution is -2.36. The van der Waals surface area contributed by atoms with Gasteiger partial charge in [-0.05, 0) is 105 Å². The van der Waals surface area contributed by atoms with E-state index in [2.05, 4.69) is 17.3 Å². The fourth-order valence-electron chi connectivity index (χ4n) is 5.36. The molecule has 3 aromatic carbocycles. The second-order valence-electron chi connectivity index (χ2n) is 11.1. The van der Waals surface area contributed by atoms with Crippen LogP contribution in [-0.4, -0.2) is 57.4 Å². The van der Waals surface area contributed by atoms with Crippen molar-refractivity contribution < 1.29 is 22.7 Å². The average Bonchev–Trinajstić information content (AvgIpc) is 3.10. The minimum Gasteiger partial charge on any atom is -0.491 e. The molecule has 1 saturated heterocycles. The number of hydrogen-bond acceptors (Lipinski definition) is 6. The van der Waals surface area contributed by atoms with Crippen LogP contribution in [0.25, 0.3) is 17.2 Å². The summed E-state index contributed by atoms with van der Waals surface area (Å²) in [5, 5.41) is 2.96. The van der Waals surface area contributed by atoms with E-state index in [1.165, 1.54) is 5.56 Å². The summed E-state index contributed by atoms with van der Waals surface area (Å²) in [6.07, 6.45) is 4.02. The lowest BCUT2D eigenvalue weighted by atomic mass is 10.0. The SMILES string of the molecule is CC(C)Oc1ccc(-c2ccc3c(c2)C=C(C(=O)Nc2ccc(CN(C)C4CCOCC4)cc2)CCS3(=O)=O)cc1. The molecule has 0 saturated carbocycles. The molecule has 2 aliphatic rings. The summed E-state index contributed by atoms with van der Waals surface area (Å²) in [6, 6.07) is 21.4. The number of nitrogens with zero attached hydrogens (tertiary/aromatic N) is 1. The first-order valence-electron chi connectivity index (χ1n) is 14.2. The van der Waals surface area contributed by atoms with E-state index in [9.17, 15) is 13.2 Å². The maximum Gasteiger partial charge on any atom is 0.251 e. The number of carbonyl (C=O) groups excluding carboxylic acids is 1. The Morgan fingerprint density at radius 1 is 1.00 bits per heavy atom. The Morgan fingerprint density at radius 3 is 2.37 bits per heavy atom. The second-order valence-corrected chi connectivity index (χ2v) is 13.2. The number of rotatable bonds is 8. The Kier molecular flexibility index (Phi) is 8.92. The van der Waals surface area contributed by atoms with Crippen molar-refractivity contribution in [1.82, 2.24) is 4.90 Å². The maximum absolute atomic E-state index is 13.3. The van der Waals surface area contributed by atoms with Gasteiger partial charge >= 0.3 is 0 Å². The standard InChI is InChI=1S/C33H38N2O5S/c1-23(2)40-31-11-6-25(7-12-31)26-8-13-32-28(20-26)21-27(16-19-41(32,37)38)33(36)34-29-9-4-24(5-10-29)22-35(3)30-14-17-39-18-15-30/h4-13,20-21,23,30H,14-19,22H2,1-3H3,(H,34,36). The van der Waals surface area contributed by atoms with Crippen molar-refractivity contribution >= 4 is 27.5 Å². The van der Waals surface area contributed by atoms with Crippen molar-refractivity contribution in [2.45, 2.75) is 56.7 Å². The molecule has 5 rings (SSSR count). The number of anilines is 1. The Labute approximate surface area is 243 Å². The first-order chi connectivity index (χ1) is 19.7. The molecule has 41 heavy (non-hydrogen) atoms. The van der Waals surface area contributed by atoms with Gasteiger partial charge in [-0.25, -0.2) is 8.42 Å². The number of carbonyl (C=O) groups is 1. The number of benzene rings is 3. The van der Waals surface area contributed by atoms with Gasteiger partial charge < -0.3 is 14.8 Å². The number of nitrogens with one attached hydrogen (secondary N) is 1. The van der Waals surface area contributed by atoms with Crippen molar-refractivity contribution in [3.8, 4) is 16.9 Å². The van der Waals surface area contributed by atoms with E-state index in [0.29, 0.717) is 22.9 Å². The molecule has 1 amide bonds. The van der Waals surface area contributed by atoms with Crippen LogP contribution < -0.4 is 10.1 Å². The van der Waals surface area contributed by atoms with E-state index in [0.717, 1.165) is 49.5 Å². The normalized spacial score (nSPS) is 17.0. The van der Waals surface area contributed by atoms with E-state index >= 15 is 0 Å². The fraction of sp³-hybridized carbons (Fsp3) is 0.364. The summed E-state index contributed by atoms with van der Waals surface area (Å²) in [5.74, 6) is 0.372. The van der Waals surface area contributed by atoms with Gasteiger partial charge in [-0.15, -0.1) is 0 Å². The molecule has 7 nitrogen and oxygen atoms in total. The van der Waals surface area contributed by atoms with Gasteiger partial charge in [0.1, 0.15) is 5.75 Å². The highest BCUT2D eigenvalue weighted by Gasteiger charge is 2.25. The number of sulfone groups is 1. The molecule has 3 aromatic rings. The molecular weight excluding hydrogens is 536 g/mol. The number of ether oxygens (including phenoxy) is 2. The first-order valence-corrected chi connectivity index (χ1v) is 15.9. The lowest BCUT2D eigenvalue weighted by molar-refractivity contribution is -0.112. The Balaban J connectivity index is 1.31. The molecule has 2 aliphatic heterocycles. The van der Waals surface area contributed by atoms with E-state index < -0.39 is 9.84 Å². The highest BCUT2D eigenvalue weighted by Crippen LogP contribution is 2.32. The van der Waals surface area contributed by atoms with Gasteiger partial charge in [-0.3, -0.25) is 9.69 Å². The van der Waals surface area contributed by atoms with Crippen molar-refractivity contribution in [2.75, 3.05) is 31.3 Å². The average molecular weight is 575 g/mol. The largest absolute Gasteiger partial charge is 0.491 e. The predicted octanol–water partition coefficient (Wildman–Crippen LogP) is 5.95. The summed E-state index contributed by atoms with van der Waals surface area (Å²) < 4.78 is 37.3. The molecule has 0 bridgehead atoms. The van der Waals surface area contributed by atoms with Crippen LogP contribution in [0.3, 0.4) is 0 Å². The third-order valence-electron chi connectivity index (χ3n) is 7.62. The molecule has 216 valence electrons. The molecule has 0 radical (unpaired) electrons. The van der Waals surface area contributed by atoms with Crippen molar-refractivity contribution in [1.29, 1.82) is 0 Å². The number of hydrogen-bond donors (Lipinski definition) is 1. The van der Waals surface area contributed by atoms with Crippen LogP contribution >= 0.6 is 0 Å². The molecular formula is C33H38N2O5S. The lowest BCUT2D eigenvalue weighted by Gasteiger charge is -2.31. The third-order valence-corrected chi connectivity index (χ3v) is 9.41. The Hall–Kier alpha value is -3.46. The number of fused-ring (bicyclic) bond motifs is 1. The van der Waals surface area contributed by atoms with Crippen molar-refractivity contribution in [3.05, 3.63) is 83.4 Å². The third kappa shape index (κ3) is 7.25. The topological polar surface area (TPSA) is 84.9 Å². The van der Waals surface area contributed by atoms with E-state index in [1.54, 1.807) is 12.1 Å². The van der Waals surface area contributed by atoms with Gasteiger partial charge in [0.15, 0.2) is 9.84 Å². The van der Waals surface area contributed by atoms with Crippen LogP contribution in [0.15, 0.2) is 77.2 Å². The molecule has 0 spiro atoms. The van der Waals surface area contributed by atoms with Crippen LogP contribution in [-0.2, 0) is 25.9 Å². The summed E-state index contributed by atoms with van der Waals surface area (Å²) in [7, 11) is -1.39.